The first-order chi connectivity index (χ1) is 64.6. The van der Waals surface area contributed by atoms with Crippen LogP contribution in [0.2, 0.25) is 20.1 Å². The van der Waals surface area contributed by atoms with Gasteiger partial charge in [-0.25, -0.2) is 19.0 Å². The van der Waals surface area contributed by atoms with Gasteiger partial charge in [0, 0.05) is 148 Å². The van der Waals surface area contributed by atoms with Gasteiger partial charge in [-0.3, -0.25) is 19.9 Å². The lowest BCUT2D eigenvalue weighted by Crippen LogP contribution is -2.42. The molecule has 22 nitrogen and oxygen atoms in total. The van der Waals surface area contributed by atoms with Crippen molar-refractivity contribution in [1.29, 1.82) is 0 Å². The number of nitro groups is 1. The molecule has 11 aromatic carbocycles. The van der Waals surface area contributed by atoms with Crippen molar-refractivity contribution in [2.24, 2.45) is 0 Å². The average Bonchev–Trinajstić information content (AvgIpc) is 1.62. The standard InChI is InChI=1S/C30H26Cl2N4O4.C25H21BrN2OS.C24H17ClFN3O3S.C23H24Cl2N2O3/c31-20-3-8-24(9-4-20)40-30(38)36-13-11-25-26-15-21(32)5-10-27(26)34-28(25)29(36)19-1-6-23(7-2-19)39-17-22(37)16-35-14-12-33-18-35;1-16-7-9-17(10-8-16)24-23-20(21-15-18(26)11-12-22(21)27-23)13-14-28(24)25(30)29-19-5-3-2-4-6-19;25-15-3-10-21-20(13-15)19-11-12-28(24(33)32-18-8-4-16(26)5-9-18)23(22(19)27-21)14-1-6-17(7-2-14)29(30)31;1-2-29-23(28)27-12-10-18-19-14-16(25)6-9-20(19)26-21(18)22(27)15-4-7-17(8-5-15)30-13-3-11-24/h1-10,12,14-15,18,22,29,34,37H,11,13,16-17H2;2-12,15,24,27H,13-14H2,1H3;1-10,13,23,27H,11-12H2;4-9,14,22,26H,2-3,10-13H2,1H3. The minimum absolute atomic E-state index is 0.00917. The van der Waals surface area contributed by atoms with E-state index in [0.29, 0.717) is 101 Å². The molecule has 4 aliphatic heterocycles. The first-order valence-electron chi connectivity index (χ1n) is 43.2. The summed E-state index contributed by atoms with van der Waals surface area (Å²) in [5, 5.41) is 29.2. The fourth-order valence-electron chi connectivity index (χ4n) is 17.5. The highest BCUT2D eigenvalue weighted by atomic mass is 79.9. The molecule has 0 spiro atoms. The molecule has 0 fully saturated rings. The van der Waals surface area contributed by atoms with E-state index in [0.717, 1.165) is 125 Å². The van der Waals surface area contributed by atoms with E-state index in [1.165, 1.54) is 69.7 Å². The number of nitro benzene ring substituents is 1. The van der Waals surface area contributed by atoms with E-state index in [9.17, 15) is 29.2 Å². The summed E-state index contributed by atoms with van der Waals surface area (Å²) >= 11 is 45.5. The first-order valence-corrected chi connectivity index (χ1v) is 46.8. The average molecular weight is 1980 g/mol. The van der Waals surface area contributed by atoms with Crippen molar-refractivity contribution in [3.05, 3.63) is 381 Å². The van der Waals surface area contributed by atoms with Gasteiger partial charge in [0.25, 0.3) is 16.0 Å². The first kappa shape index (κ1) is 92.4. The number of aliphatic hydroxyl groups is 1. The van der Waals surface area contributed by atoms with Gasteiger partial charge in [-0.05, 0) is 285 Å². The summed E-state index contributed by atoms with van der Waals surface area (Å²) in [6, 6.07) is 75.2. The number of thiocarbonyl (C=S) groups is 2. The van der Waals surface area contributed by atoms with E-state index in [1.807, 2.05) is 145 Å². The molecule has 0 saturated carbocycles. The van der Waals surface area contributed by atoms with E-state index < -0.39 is 23.2 Å². The Balaban J connectivity index is 0.000000125. The van der Waals surface area contributed by atoms with Crippen LogP contribution in [0.25, 0.3) is 43.6 Å². The zero-order valence-corrected chi connectivity index (χ0v) is 78.8. The monoisotopic (exact) mass is 1980 g/mol. The molecule has 20 rings (SSSR count). The third kappa shape index (κ3) is 21.1. The van der Waals surface area contributed by atoms with Gasteiger partial charge >= 0.3 is 12.2 Å². The van der Waals surface area contributed by atoms with Gasteiger partial charge in [-0.1, -0.05) is 135 Å². The Morgan fingerprint density at radius 2 is 0.910 bits per heavy atom. The Hall–Kier alpha value is -12.5. The van der Waals surface area contributed by atoms with Gasteiger partial charge in [0.15, 0.2) is 0 Å². The van der Waals surface area contributed by atoms with Crippen molar-refractivity contribution in [2.75, 3.05) is 51.9 Å². The number of carbonyl (C=O) groups is 2. The smallest absolute Gasteiger partial charge is 0.416 e. The van der Waals surface area contributed by atoms with E-state index in [-0.39, 0.29) is 47.5 Å². The molecule has 5 unspecified atom stereocenters. The van der Waals surface area contributed by atoms with Crippen LogP contribution in [0.5, 0.6) is 28.7 Å². The quantitative estimate of drug-likeness (QED) is 0.0176. The molecular formula is C102H88BrCl5FN11O11S2. The predicted molar refractivity (Wildman–Crippen MR) is 530 cm³/mol. The number of rotatable bonds is 18. The number of H-pyrrole nitrogens is 4. The SMILES string of the molecule is CCOC(=O)N1CCc2c([nH]c3ccc(Cl)cc23)C1c1ccc(OCCCCl)cc1.Cc1ccc(C2c3[nH]c4ccc(Br)cc4c3CCN2C(=S)Oc2ccccc2)cc1.O=C(Oc1ccc(Cl)cc1)N1CCc2c([nH]c3ccc(Cl)cc23)C1c1ccc(OCC(O)Cn2ccnc2)cc1.O=[N+]([O-])c1ccc(C2c3[nH]c4ccc(Cl)cc4c3CCN2C(=S)Oc2ccc(F)cc2)cc1. The lowest BCUT2D eigenvalue weighted by Gasteiger charge is -2.37. The molecule has 5 N–H and O–H groups in total. The number of imidazole rings is 1. The minimum atomic E-state index is -0.689. The summed E-state index contributed by atoms with van der Waals surface area (Å²) in [5.74, 6) is 3.21. The summed E-state index contributed by atoms with van der Waals surface area (Å²) in [5.41, 5.74) is 18.1. The van der Waals surface area contributed by atoms with Crippen molar-refractivity contribution < 1.29 is 52.4 Å². The number of nitrogens with zero attached hydrogens (tertiary/aromatic N) is 7. The largest absolute Gasteiger partial charge is 0.494 e. The zero-order valence-electron chi connectivity index (χ0n) is 71.8. The summed E-state index contributed by atoms with van der Waals surface area (Å²) in [7, 11) is 0. The molecule has 2 amide bonds. The Morgan fingerprint density at radius 1 is 0.511 bits per heavy atom. The van der Waals surface area contributed by atoms with Crippen molar-refractivity contribution in [1.82, 2.24) is 49.1 Å². The van der Waals surface area contributed by atoms with Crippen LogP contribution in [-0.4, -0.2) is 140 Å². The number of ether oxygens (including phenoxy) is 6. The summed E-state index contributed by atoms with van der Waals surface area (Å²) in [6.45, 7) is 7.76. The molecule has 31 heteroatoms. The van der Waals surface area contributed by atoms with E-state index in [2.05, 4.69) is 95.1 Å². The van der Waals surface area contributed by atoms with E-state index in [1.54, 1.807) is 69.5 Å². The van der Waals surface area contributed by atoms with Crippen LogP contribution in [0.4, 0.5) is 19.7 Å². The maximum atomic E-state index is 13.5. The number of nitrogens with one attached hydrogen (secondary N) is 4. The molecule has 0 radical (unpaired) electrons. The fourth-order valence-corrected chi connectivity index (χ4v) is 19.2. The van der Waals surface area contributed by atoms with Crippen LogP contribution in [0.3, 0.4) is 0 Å². The number of aryl methyl sites for hydroxylation is 1. The molecule has 5 aromatic heterocycles. The second kappa shape index (κ2) is 41.8. The highest BCUT2D eigenvalue weighted by Gasteiger charge is 2.40. The molecule has 4 aliphatic rings. The number of hydrogen-bond acceptors (Lipinski definition) is 14. The number of benzene rings is 11. The van der Waals surface area contributed by atoms with E-state index >= 15 is 0 Å². The second-order valence-electron chi connectivity index (χ2n) is 32.2. The molecule has 0 aliphatic carbocycles. The number of amides is 2. The number of para-hydroxylation sites is 1. The highest BCUT2D eigenvalue weighted by Crippen LogP contribution is 2.46. The Labute approximate surface area is 809 Å². The molecule has 133 heavy (non-hydrogen) atoms. The number of fused-ring (bicyclic) bond motifs is 12. The van der Waals surface area contributed by atoms with Crippen LogP contribution in [0, 0.1) is 22.9 Å². The summed E-state index contributed by atoms with van der Waals surface area (Å²) in [6.07, 6.45) is 7.44. The molecule has 0 saturated heterocycles. The van der Waals surface area contributed by atoms with Crippen LogP contribution in [0.1, 0.15) is 110 Å². The van der Waals surface area contributed by atoms with Gasteiger partial charge in [-0.2, -0.15) is 0 Å². The number of carbonyl (C=O) groups excluding carboxylic acids is 2. The number of aromatic nitrogens is 6. The maximum Gasteiger partial charge on any atom is 0.416 e. The number of alkyl halides is 1. The number of hydrogen-bond donors (Lipinski definition) is 5. The lowest BCUT2D eigenvalue weighted by atomic mass is 9.92. The van der Waals surface area contributed by atoms with E-state index in [4.69, 9.17) is 111 Å². The molecule has 16 aromatic rings. The van der Waals surface area contributed by atoms with Crippen LogP contribution in [-0.2, 0) is 37.0 Å². The predicted octanol–water partition coefficient (Wildman–Crippen LogP) is 24.9. The van der Waals surface area contributed by atoms with Gasteiger partial charge in [0.05, 0.1) is 43.1 Å². The molecular weight excluding hydrogens is 1900 g/mol. The molecule has 5 atom stereocenters. The van der Waals surface area contributed by atoms with Crippen LogP contribution < -0.4 is 23.7 Å². The Bertz CT molecular complexity index is 6880. The van der Waals surface area contributed by atoms with Gasteiger partial charge < -0.3 is 67.8 Å². The van der Waals surface area contributed by atoms with Gasteiger partial charge in [0.1, 0.15) is 59.4 Å². The van der Waals surface area contributed by atoms with Crippen LogP contribution >= 0.6 is 98.4 Å². The summed E-state index contributed by atoms with van der Waals surface area (Å²) in [4.78, 5) is 62.7. The van der Waals surface area contributed by atoms with Crippen molar-refractivity contribution in [2.45, 2.75) is 82.8 Å². The Kier molecular flexibility index (Phi) is 29.0. The number of aromatic amines is 4. The number of halogens is 7. The third-order valence-corrected chi connectivity index (χ3v) is 26.1. The number of aliphatic hydroxyl groups excluding tert-OH is 1. The maximum absolute atomic E-state index is 13.5. The summed E-state index contributed by atoms with van der Waals surface area (Å²) < 4.78 is 50.8. The molecule has 678 valence electrons. The molecule has 9 heterocycles. The minimum Gasteiger partial charge on any atom is -0.494 e. The van der Waals surface area contributed by atoms with Crippen LogP contribution in [0.15, 0.2) is 272 Å². The third-order valence-electron chi connectivity index (χ3n) is 23.7. The fraction of sp³-hybridized carbons (Fsp3) is 0.206. The Morgan fingerprint density at radius 3 is 1.37 bits per heavy atom. The van der Waals surface area contributed by atoms with Gasteiger partial charge in [0.2, 0.25) is 0 Å². The highest BCUT2D eigenvalue weighted by molar-refractivity contribution is 9.10. The zero-order chi connectivity index (χ0) is 92.5. The lowest BCUT2D eigenvalue weighted by molar-refractivity contribution is -0.384. The van der Waals surface area contributed by atoms with Crippen molar-refractivity contribution in [3.8, 4) is 28.7 Å². The number of non-ortho nitro benzene ring substituents is 1. The normalized spacial score (nSPS) is 15.6. The van der Waals surface area contributed by atoms with Crippen molar-refractivity contribution >= 4 is 170 Å². The topological polar surface area (TPSA) is 247 Å². The van der Waals surface area contributed by atoms with Gasteiger partial charge in [-0.15, -0.1) is 11.6 Å². The van der Waals surface area contributed by atoms with Crippen molar-refractivity contribution in [3.63, 3.8) is 0 Å². The second-order valence-corrected chi connectivity index (χ2v) is 36.0. The molecule has 0 bridgehead atoms.